The Morgan fingerprint density at radius 1 is 1.35 bits per heavy atom. The molecule has 0 bridgehead atoms. The summed E-state index contributed by atoms with van der Waals surface area (Å²) in [5.74, 6) is 0.969. The largest absolute Gasteiger partial charge is 0.496 e. The molecule has 0 aliphatic carbocycles. The number of methoxy groups -OCH3 is 1. The number of nitrogens with one attached hydrogen (secondary N) is 1. The van der Waals surface area contributed by atoms with Crippen molar-refractivity contribution in [2.24, 2.45) is 0 Å². The highest BCUT2D eigenvalue weighted by Gasteiger charge is 2.07. The van der Waals surface area contributed by atoms with E-state index in [1.165, 1.54) is 11.3 Å². The highest BCUT2D eigenvalue weighted by Crippen LogP contribution is 2.18. The Balaban J connectivity index is 1.79. The van der Waals surface area contributed by atoms with Gasteiger partial charge in [0, 0.05) is 24.4 Å². The van der Waals surface area contributed by atoms with Gasteiger partial charge in [-0.05, 0) is 31.9 Å². The second-order valence-corrected chi connectivity index (χ2v) is 6.04. The third-order valence-electron chi connectivity index (χ3n) is 3.26. The summed E-state index contributed by atoms with van der Waals surface area (Å²) < 4.78 is 5.39. The molecule has 0 aliphatic rings. The number of ether oxygens (including phenoxy) is 1. The topological polar surface area (TPSA) is 34.1 Å². The summed E-state index contributed by atoms with van der Waals surface area (Å²) in [5.41, 5.74) is 2.43. The summed E-state index contributed by atoms with van der Waals surface area (Å²) in [6.07, 6.45) is 1.96. The van der Waals surface area contributed by atoms with Crippen LogP contribution in [-0.4, -0.2) is 24.7 Å². The zero-order valence-corrected chi connectivity index (χ0v) is 13.2. The van der Waals surface area contributed by atoms with Gasteiger partial charge < -0.3 is 10.1 Å². The Morgan fingerprint density at radius 3 is 2.85 bits per heavy atom. The number of rotatable bonds is 7. The maximum Gasteiger partial charge on any atom is 0.122 e. The summed E-state index contributed by atoms with van der Waals surface area (Å²) in [6.45, 7) is 5.21. The van der Waals surface area contributed by atoms with Crippen molar-refractivity contribution in [3.8, 4) is 5.75 Å². The van der Waals surface area contributed by atoms with E-state index in [1.54, 1.807) is 18.4 Å². The van der Waals surface area contributed by atoms with E-state index in [4.69, 9.17) is 4.74 Å². The first kappa shape index (κ1) is 15.0. The summed E-state index contributed by atoms with van der Waals surface area (Å²) in [6, 6.07) is 8.63. The van der Waals surface area contributed by atoms with E-state index in [-0.39, 0.29) is 0 Å². The zero-order chi connectivity index (χ0) is 14.4. The Bertz CT molecular complexity index is 539. The van der Waals surface area contributed by atoms with E-state index < -0.39 is 0 Å². The van der Waals surface area contributed by atoms with Crippen molar-refractivity contribution in [3.63, 3.8) is 0 Å². The van der Waals surface area contributed by atoms with Gasteiger partial charge in [-0.2, -0.15) is 0 Å². The second kappa shape index (κ2) is 7.41. The molecule has 0 amide bonds. The SMILES string of the molecule is COc1ccccc1CC(C)NCCc1csc(C)n1. The van der Waals surface area contributed by atoms with Crippen LogP contribution in [0, 0.1) is 6.92 Å². The van der Waals surface area contributed by atoms with Crippen molar-refractivity contribution >= 4 is 11.3 Å². The van der Waals surface area contributed by atoms with Gasteiger partial charge >= 0.3 is 0 Å². The lowest BCUT2D eigenvalue weighted by atomic mass is 10.1. The molecule has 0 spiro atoms. The first-order valence-corrected chi connectivity index (χ1v) is 7.83. The fraction of sp³-hybridized carbons (Fsp3) is 0.438. The zero-order valence-electron chi connectivity index (χ0n) is 12.3. The first-order valence-electron chi connectivity index (χ1n) is 6.95. The molecule has 2 aromatic rings. The van der Waals surface area contributed by atoms with Gasteiger partial charge in [-0.1, -0.05) is 18.2 Å². The Labute approximate surface area is 125 Å². The average molecular weight is 290 g/mol. The first-order chi connectivity index (χ1) is 9.69. The molecule has 108 valence electrons. The van der Waals surface area contributed by atoms with E-state index in [0.717, 1.165) is 30.1 Å². The number of aryl methyl sites for hydroxylation is 1. The molecular weight excluding hydrogens is 268 g/mol. The highest BCUT2D eigenvalue weighted by atomic mass is 32.1. The summed E-state index contributed by atoms with van der Waals surface area (Å²) >= 11 is 1.72. The minimum atomic E-state index is 0.422. The Hall–Kier alpha value is -1.39. The quantitative estimate of drug-likeness (QED) is 0.850. The molecule has 1 unspecified atom stereocenters. The summed E-state index contributed by atoms with van der Waals surface area (Å²) in [7, 11) is 1.72. The molecule has 0 radical (unpaired) electrons. The van der Waals surface area contributed by atoms with Crippen LogP contribution in [0.1, 0.15) is 23.2 Å². The van der Waals surface area contributed by atoms with E-state index >= 15 is 0 Å². The van der Waals surface area contributed by atoms with Crippen molar-refractivity contribution < 1.29 is 4.74 Å². The van der Waals surface area contributed by atoms with Crippen LogP contribution in [0.5, 0.6) is 5.75 Å². The Morgan fingerprint density at radius 2 is 2.15 bits per heavy atom. The molecule has 4 heteroatoms. The van der Waals surface area contributed by atoms with Crippen molar-refractivity contribution in [2.75, 3.05) is 13.7 Å². The number of hydrogen-bond acceptors (Lipinski definition) is 4. The van der Waals surface area contributed by atoms with Crippen LogP contribution < -0.4 is 10.1 Å². The standard InChI is InChI=1S/C16H22N2OS/c1-12(10-14-6-4-5-7-16(14)19-3)17-9-8-15-11-20-13(2)18-15/h4-7,11-12,17H,8-10H2,1-3H3. The van der Waals surface area contributed by atoms with Crippen molar-refractivity contribution in [1.29, 1.82) is 0 Å². The molecule has 1 aromatic heterocycles. The van der Waals surface area contributed by atoms with Gasteiger partial charge in [0.25, 0.3) is 0 Å². The predicted octanol–water partition coefficient (Wildman–Crippen LogP) is 3.22. The molecule has 3 nitrogen and oxygen atoms in total. The fourth-order valence-electron chi connectivity index (χ4n) is 2.24. The highest BCUT2D eigenvalue weighted by molar-refractivity contribution is 7.09. The van der Waals surface area contributed by atoms with Gasteiger partial charge in [0.2, 0.25) is 0 Å². The van der Waals surface area contributed by atoms with Crippen LogP contribution in [-0.2, 0) is 12.8 Å². The van der Waals surface area contributed by atoms with E-state index in [1.807, 2.05) is 19.1 Å². The normalized spacial score (nSPS) is 12.3. The third kappa shape index (κ3) is 4.32. The smallest absolute Gasteiger partial charge is 0.122 e. The van der Waals surface area contributed by atoms with Crippen LogP contribution in [0.4, 0.5) is 0 Å². The number of para-hydroxylation sites is 1. The van der Waals surface area contributed by atoms with E-state index in [0.29, 0.717) is 6.04 Å². The maximum atomic E-state index is 5.39. The molecular formula is C16H22N2OS. The molecule has 2 rings (SSSR count). The van der Waals surface area contributed by atoms with Crippen LogP contribution in [0.25, 0.3) is 0 Å². The van der Waals surface area contributed by atoms with Crippen LogP contribution in [0.2, 0.25) is 0 Å². The van der Waals surface area contributed by atoms with Crippen LogP contribution >= 0.6 is 11.3 Å². The second-order valence-electron chi connectivity index (χ2n) is 4.98. The van der Waals surface area contributed by atoms with Crippen molar-refractivity contribution in [2.45, 2.75) is 32.7 Å². The minimum absolute atomic E-state index is 0.422. The van der Waals surface area contributed by atoms with Crippen molar-refractivity contribution in [3.05, 3.63) is 45.9 Å². The lowest BCUT2D eigenvalue weighted by Crippen LogP contribution is -2.30. The average Bonchev–Trinajstić information content (AvgIpc) is 2.85. The maximum absolute atomic E-state index is 5.39. The predicted molar refractivity (Wildman–Crippen MR) is 84.7 cm³/mol. The van der Waals surface area contributed by atoms with E-state index in [2.05, 4.69) is 34.7 Å². The molecule has 20 heavy (non-hydrogen) atoms. The Kier molecular flexibility index (Phi) is 5.56. The van der Waals surface area contributed by atoms with Gasteiger partial charge in [0.05, 0.1) is 17.8 Å². The fourth-order valence-corrected chi connectivity index (χ4v) is 2.89. The lowest BCUT2D eigenvalue weighted by Gasteiger charge is -2.15. The molecule has 0 saturated carbocycles. The van der Waals surface area contributed by atoms with Crippen molar-refractivity contribution in [1.82, 2.24) is 10.3 Å². The number of thiazole rings is 1. The molecule has 1 N–H and O–H groups in total. The monoisotopic (exact) mass is 290 g/mol. The molecule has 1 atom stereocenters. The molecule has 1 heterocycles. The third-order valence-corrected chi connectivity index (χ3v) is 4.08. The number of nitrogens with zero attached hydrogens (tertiary/aromatic N) is 1. The lowest BCUT2D eigenvalue weighted by molar-refractivity contribution is 0.406. The van der Waals surface area contributed by atoms with Gasteiger partial charge in [-0.25, -0.2) is 4.98 Å². The van der Waals surface area contributed by atoms with Crippen LogP contribution in [0.3, 0.4) is 0 Å². The van der Waals surface area contributed by atoms with Gasteiger partial charge in [-0.15, -0.1) is 11.3 Å². The van der Waals surface area contributed by atoms with Gasteiger partial charge in [-0.3, -0.25) is 0 Å². The number of aromatic nitrogens is 1. The number of hydrogen-bond donors (Lipinski definition) is 1. The molecule has 1 aromatic carbocycles. The summed E-state index contributed by atoms with van der Waals surface area (Å²) in [5, 5.41) is 6.83. The van der Waals surface area contributed by atoms with Gasteiger partial charge in [0.1, 0.15) is 5.75 Å². The van der Waals surface area contributed by atoms with Crippen LogP contribution in [0.15, 0.2) is 29.6 Å². The van der Waals surface area contributed by atoms with E-state index in [9.17, 15) is 0 Å². The summed E-state index contributed by atoms with van der Waals surface area (Å²) in [4.78, 5) is 4.48. The minimum Gasteiger partial charge on any atom is -0.496 e. The molecule has 0 aliphatic heterocycles. The molecule has 0 saturated heterocycles. The number of benzene rings is 1. The molecule has 0 fully saturated rings. The van der Waals surface area contributed by atoms with Gasteiger partial charge in [0.15, 0.2) is 0 Å².